The molecule has 0 saturated carbocycles. The standard InChI is InChI=1S/C9H13NO2.C2H6/c1-10-6-9(12)7-3-2-4-8(11)5-7;1-2/h2-5,9-12H,6H2,1H3;1-2H3. The summed E-state index contributed by atoms with van der Waals surface area (Å²) in [6.07, 6.45) is -0.554. The second-order valence-electron chi connectivity index (χ2n) is 2.67. The molecule has 0 heterocycles. The molecular weight excluding hydrogens is 178 g/mol. The fourth-order valence-corrected chi connectivity index (χ4v) is 1.04. The van der Waals surface area contributed by atoms with Crippen LogP contribution in [0, 0.1) is 0 Å². The smallest absolute Gasteiger partial charge is 0.115 e. The average molecular weight is 197 g/mol. The van der Waals surface area contributed by atoms with Gasteiger partial charge >= 0.3 is 0 Å². The van der Waals surface area contributed by atoms with Gasteiger partial charge in [0, 0.05) is 6.54 Å². The maximum Gasteiger partial charge on any atom is 0.115 e. The summed E-state index contributed by atoms with van der Waals surface area (Å²) in [7, 11) is 1.77. The Kier molecular flexibility index (Phi) is 6.80. The molecule has 80 valence electrons. The van der Waals surface area contributed by atoms with Gasteiger partial charge in [0.25, 0.3) is 0 Å². The summed E-state index contributed by atoms with van der Waals surface area (Å²) >= 11 is 0. The summed E-state index contributed by atoms with van der Waals surface area (Å²) in [6.45, 7) is 4.49. The Balaban J connectivity index is 0.000000791. The van der Waals surface area contributed by atoms with Gasteiger partial charge in [0.15, 0.2) is 0 Å². The number of aromatic hydroxyl groups is 1. The summed E-state index contributed by atoms with van der Waals surface area (Å²) in [4.78, 5) is 0. The van der Waals surface area contributed by atoms with Gasteiger partial charge in [-0.2, -0.15) is 0 Å². The van der Waals surface area contributed by atoms with E-state index in [1.807, 2.05) is 13.8 Å². The van der Waals surface area contributed by atoms with E-state index < -0.39 is 6.10 Å². The molecule has 3 nitrogen and oxygen atoms in total. The third-order valence-electron chi connectivity index (χ3n) is 1.65. The van der Waals surface area contributed by atoms with Gasteiger partial charge in [0.05, 0.1) is 6.10 Å². The van der Waals surface area contributed by atoms with Crippen LogP contribution in [0.5, 0.6) is 5.75 Å². The third-order valence-corrected chi connectivity index (χ3v) is 1.65. The lowest BCUT2D eigenvalue weighted by Gasteiger charge is -2.09. The Morgan fingerprint density at radius 2 is 2.00 bits per heavy atom. The minimum absolute atomic E-state index is 0.183. The molecule has 3 N–H and O–H groups in total. The SMILES string of the molecule is CC.CNCC(O)c1cccc(O)c1. The molecule has 0 aromatic heterocycles. The molecule has 1 rings (SSSR count). The lowest BCUT2D eigenvalue weighted by molar-refractivity contribution is 0.177. The van der Waals surface area contributed by atoms with Crippen LogP contribution in [0.3, 0.4) is 0 Å². The second-order valence-corrected chi connectivity index (χ2v) is 2.67. The summed E-state index contributed by atoms with van der Waals surface area (Å²) in [6, 6.07) is 6.63. The van der Waals surface area contributed by atoms with Crippen LogP contribution in [0.4, 0.5) is 0 Å². The van der Waals surface area contributed by atoms with E-state index >= 15 is 0 Å². The molecule has 0 aliphatic heterocycles. The largest absolute Gasteiger partial charge is 0.508 e. The molecule has 1 aromatic carbocycles. The monoisotopic (exact) mass is 197 g/mol. The Bertz CT molecular complexity index is 251. The Labute approximate surface area is 85.4 Å². The van der Waals surface area contributed by atoms with Crippen molar-refractivity contribution in [1.82, 2.24) is 5.32 Å². The fraction of sp³-hybridized carbons (Fsp3) is 0.455. The number of hydrogen-bond donors (Lipinski definition) is 3. The van der Waals surface area contributed by atoms with Crippen LogP contribution in [0.15, 0.2) is 24.3 Å². The fourth-order valence-electron chi connectivity index (χ4n) is 1.04. The number of rotatable bonds is 3. The van der Waals surface area contributed by atoms with Crippen LogP contribution in [0.25, 0.3) is 0 Å². The van der Waals surface area contributed by atoms with E-state index in [2.05, 4.69) is 5.32 Å². The van der Waals surface area contributed by atoms with Crippen molar-refractivity contribution in [3.63, 3.8) is 0 Å². The first-order valence-corrected chi connectivity index (χ1v) is 4.85. The van der Waals surface area contributed by atoms with Crippen molar-refractivity contribution < 1.29 is 10.2 Å². The highest BCUT2D eigenvalue weighted by Gasteiger charge is 2.05. The van der Waals surface area contributed by atoms with E-state index in [0.29, 0.717) is 6.54 Å². The highest BCUT2D eigenvalue weighted by molar-refractivity contribution is 5.28. The molecule has 1 aromatic rings. The van der Waals surface area contributed by atoms with Crippen LogP contribution >= 0.6 is 0 Å². The zero-order valence-corrected chi connectivity index (χ0v) is 8.99. The predicted molar refractivity (Wildman–Crippen MR) is 58.3 cm³/mol. The predicted octanol–water partition coefficient (Wildman–Crippen LogP) is 1.67. The number of hydrogen-bond acceptors (Lipinski definition) is 3. The third kappa shape index (κ3) is 4.25. The van der Waals surface area contributed by atoms with Crippen LogP contribution in [0.2, 0.25) is 0 Å². The average Bonchev–Trinajstić information content (AvgIpc) is 2.21. The van der Waals surface area contributed by atoms with Gasteiger partial charge < -0.3 is 15.5 Å². The molecule has 0 spiro atoms. The number of phenolic OH excluding ortho intramolecular Hbond substituents is 1. The number of benzene rings is 1. The van der Waals surface area contributed by atoms with Gasteiger partial charge in [-0.05, 0) is 24.7 Å². The van der Waals surface area contributed by atoms with Gasteiger partial charge in [-0.15, -0.1) is 0 Å². The van der Waals surface area contributed by atoms with Crippen LogP contribution in [0.1, 0.15) is 25.5 Å². The number of nitrogens with one attached hydrogen (secondary N) is 1. The van der Waals surface area contributed by atoms with Crippen LogP contribution in [-0.4, -0.2) is 23.8 Å². The van der Waals surface area contributed by atoms with E-state index in [9.17, 15) is 5.11 Å². The van der Waals surface area contributed by atoms with E-state index in [1.165, 1.54) is 0 Å². The number of aliphatic hydroxyl groups is 1. The minimum atomic E-state index is -0.554. The maximum atomic E-state index is 9.47. The normalized spacial score (nSPS) is 11.4. The highest BCUT2D eigenvalue weighted by Crippen LogP contribution is 2.17. The second kappa shape index (κ2) is 7.35. The topological polar surface area (TPSA) is 52.5 Å². The van der Waals surface area contributed by atoms with Crippen molar-refractivity contribution in [2.24, 2.45) is 0 Å². The lowest BCUT2D eigenvalue weighted by atomic mass is 10.1. The first-order valence-electron chi connectivity index (χ1n) is 4.85. The van der Waals surface area contributed by atoms with Crippen molar-refractivity contribution in [3.8, 4) is 5.75 Å². The zero-order valence-electron chi connectivity index (χ0n) is 8.99. The minimum Gasteiger partial charge on any atom is -0.508 e. The lowest BCUT2D eigenvalue weighted by Crippen LogP contribution is -2.16. The van der Waals surface area contributed by atoms with Gasteiger partial charge in [0.1, 0.15) is 5.75 Å². The molecule has 0 bridgehead atoms. The molecular formula is C11H19NO2. The molecule has 0 amide bonds. The first kappa shape index (κ1) is 12.9. The first-order chi connectivity index (χ1) is 6.74. The summed E-state index contributed by atoms with van der Waals surface area (Å²) in [5.74, 6) is 0.183. The van der Waals surface area contributed by atoms with Gasteiger partial charge in [-0.1, -0.05) is 26.0 Å². The van der Waals surface area contributed by atoms with Gasteiger partial charge in [0.2, 0.25) is 0 Å². The number of likely N-dealkylation sites (N-methyl/N-ethyl adjacent to an activating group) is 1. The summed E-state index contributed by atoms with van der Waals surface area (Å²) in [5.41, 5.74) is 0.726. The Hall–Kier alpha value is -1.06. The quantitative estimate of drug-likeness (QED) is 0.691. The van der Waals surface area contributed by atoms with Crippen molar-refractivity contribution in [3.05, 3.63) is 29.8 Å². The molecule has 0 aliphatic rings. The Morgan fingerprint density at radius 3 is 2.50 bits per heavy atom. The van der Waals surface area contributed by atoms with Crippen LogP contribution < -0.4 is 5.32 Å². The van der Waals surface area contributed by atoms with E-state index in [1.54, 1.807) is 31.3 Å². The molecule has 3 heteroatoms. The number of phenols is 1. The number of aliphatic hydroxyl groups excluding tert-OH is 1. The zero-order chi connectivity index (χ0) is 11.0. The van der Waals surface area contributed by atoms with E-state index in [0.717, 1.165) is 5.56 Å². The molecule has 1 atom stereocenters. The molecule has 1 unspecified atom stereocenters. The van der Waals surface area contributed by atoms with Crippen molar-refractivity contribution in [2.75, 3.05) is 13.6 Å². The van der Waals surface area contributed by atoms with Gasteiger partial charge in [-0.3, -0.25) is 0 Å². The van der Waals surface area contributed by atoms with Crippen LogP contribution in [-0.2, 0) is 0 Å². The van der Waals surface area contributed by atoms with E-state index in [-0.39, 0.29) is 5.75 Å². The summed E-state index contributed by atoms with van der Waals surface area (Å²) < 4.78 is 0. The van der Waals surface area contributed by atoms with Crippen molar-refractivity contribution in [1.29, 1.82) is 0 Å². The van der Waals surface area contributed by atoms with Gasteiger partial charge in [-0.25, -0.2) is 0 Å². The molecule has 0 aliphatic carbocycles. The molecule has 0 fully saturated rings. The molecule has 14 heavy (non-hydrogen) atoms. The maximum absolute atomic E-state index is 9.47. The molecule has 0 saturated heterocycles. The summed E-state index contributed by atoms with van der Waals surface area (Å²) in [5, 5.41) is 21.4. The molecule has 0 radical (unpaired) electrons. The van der Waals surface area contributed by atoms with Crippen molar-refractivity contribution in [2.45, 2.75) is 20.0 Å². The Morgan fingerprint density at radius 1 is 1.36 bits per heavy atom. The highest BCUT2D eigenvalue weighted by atomic mass is 16.3. The van der Waals surface area contributed by atoms with E-state index in [4.69, 9.17) is 5.11 Å². The van der Waals surface area contributed by atoms with Crippen molar-refractivity contribution >= 4 is 0 Å².